The van der Waals surface area contributed by atoms with E-state index in [1.807, 2.05) is 31.5 Å². The van der Waals surface area contributed by atoms with Crippen LogP contribution in [0.3, 0.4) is 0 Å². The summed E-state index contributed by atoms with van der Waals surface area (Å²) in [5, 5.41) is 11.3. The Morgan fingerprint density at radius 2 is 2.16 bits per heavy atom. The van der Waals surface area contributed by atoms with E-state index in [0.29, 0.717) is 25.3 Å². The average Bonchev–Trinajstić information content (AvgIpc) is 2.96. The summed E-state index contributed by atoms with van der Waals surface area (Å²) in [7, 11) is 0. The standard InChI is InChI=1S/C13H19N5O/c1-4-17-12(5-6-15-17)13(19)14-7-8-18-11(3)9-10(2)16-18/h5-6,9H,4,7-8H2,1-3H3,(H,14,19). The molecule has 0 bridgehead atoms. The van der Waals surface area contributed by atoms with Crippen molar-refractivity contribution in [3.05, 3.63) is 35.4 Å². The quantitative estimate of drug-likeness (QED) is 0.878. The molecule has 0 fully saturated rings. The van der Waals surface area contributed by atoms with Crippen molar-refractivity contribution in [3.63, 3.8) is 0 Å². The molecule has 0 atom stereocenters. The molecule has 6 nitrogen and oxygen atoms in total. The summed E-state index contributed by atoms with van der Waals surface area (Å²) in [4.78, 5) is 12.0. The summed E-state index contributed by atoms with van der Waals surface area (Å²) in [6, 6.07) is 3.75. The molecule has 6 heteroatoms. The van der Waals surface area contributed by atoms with E-state index in [0.717, 1.165) is 11.4 Å². The molecular weight excluding hydrogens is 242 g/mol. The number of aromatic nitrogens is 4. The van der Waals surface area contributed by atoms with Crippen LogP contribution in [0, 0.1) is 13.8 Å². The Kier molecular flexibility index (Phi) is 3.99. The van der Waals surface area contributed by atoms with Gasteiger partial charge in [-0.3, -0.25) is 14.2 Å². The number of rotatable bonds is 5. The van der Waals surface area contributed by atoms with Gasteiger partial charge in [0.15, 0.2) is 0 Å². The van der Waals surface area contributed by atoms with Crippen LogP contribution in [0.2, 0.25) is 0 Å². The number of hydrogen-bond donors (Lipinski definition) is 1. The molecule has 0 saturated heterocycles. The third kappa shape index (κ3) is 3.01. The zero-order valence-electron chi connectivity index (χ0n) is 11.6. The van der Waals surface area contributed by atoms with Gasteiger partial charge in [0.1, 0.15) is 5.69 Å². The van der Waals surface area contributed by atoms with Crippen LogP contribution in [-0.2, 0) is 13.1 Å². The number of nitrogens with zero attached hydrogens (tertiary/aromatic N) is 4. The zero-order chi connectivity index (χ0) is 13.8. The summed E-state index contributed by atoms with van der Waals surface area (Å²) in [5.74, 6) is -0.0964. The van der Waals surface area contributed by atoms with Crippen molar-refractivity contribution in [2.24, 2.45) is 0 Å². The molecule has 2 aromatic heterocycles. The molecule has 0 aromatic carbocycles. The van der Waals surface area contributed by atoms with Crippen LogP contribution >= 0.6 is 0 Å². The topological polar surface area (TPSA) is 64.7 Å². The molecule has 102 valence electrons. The van der Waals surface area contributed by atoms with Gasteiger partial charge in [-0.25, -0.2) is 0 Å². The molecule has 19 heavy (non-hydrogen) atoms. The van der Waals surface area contributed by atoms with E-state index in [1.54, 1.807) is 16.9 Å². The smallest absolute Gasteiger partial charge is 0.269 e. The number of hydrogen-bond acceptors (Lipinski definition) is 3. The Balaban J connectivity index is 1.89. The molecule has 0 aliphatic rings. The van der Waals surface area contributed by atoms with Crippen LogP contribution in [0.4, 0.5) is 0 Å². The van der Waals surface area contributed by atoms with Crippen molar-refractivity contribution in [1.82, 2.24) is 24.9 Å². The second-order valence-corrected chi connectivity index (χ2v) is 4.44. The number of carbonyl (C=O) groups is 1. The van der Waals surface area contributed by atoms with E-state index < -0.39 is 0 Å². The third-order valence-electron chi connectivity index (χ3n) is 2.96. The van der Waals surface area contributed by atoms with Crippen LogP contribution in [-0.4, -0.2) is 32.0 Å². The SMILES string of the molecule is CCn1nccc1C(=O)NCCn1nc(C)cc1C. The van der Waals surface area contributed by atoms with Crippen molar-refractivity contribution in [2.45, 2.75) is 33.9 Å². The van der Waals surface area contributed by atoms with E-state index in [2.05, 4.69) is 15.5 Å². The summed E-state index contributed by atoms with van der Waals surface area (Å²) in [6.45, 7) is 7.84. The predicted molar refractivity (Wildman–Crippen MR) is 71.9 cm³/mol. The highest BCUT2D eigenvalue weighted by Gasteiger charge is 2.10. The van der Waals surface area contributed by atoms with Gasteiger partial charge >= 0.3 is 0 Å². The Morgan fingerprint density at radius 1 is 1.37 bits per heavy atom. The summed E-state index contributed by atoms with van der Waals surface area (Å²) < 4.78 is 3.57. The lowest BCUT2D eigenvalue weighted by Crippen LogP contribution is -2.29. The lowest BCUT2D eigenvalue weighted by atomic mass is 10.4. The molecule has 2 rings (SSSR count). The van der Waals surface area contributed by atoms with Gasteiger partial charge in [0, 0.05) is 25.0 Å². The minimum absolute atomic E-state index is 0.0964. The fraction of sp³-hybridized carbons (Fsp3) is 0.462. The van der Waals surface area contributed by atoms with Crippen molar-refractivity contribution >= 4 is 5.91 Å². The Labute approximate surface area is 112 Å². The van der Waals surface area contributed by atoms with Crippen molar-refractivity contribution in [1.29, 1.82) is 0 Å². The molecule has 1 amide bonds. The van der Waals surface area contributed by atoms with Crippen LogP contribution in [0.5, 0.6) is 0 Å². The number of amides is 1. The maximum atomic E-state index is 12.0. The van der Waals surface area contributed by atoms with Gasteiger partial charge < -0.3 is 5.32 Å². The van der Waals surface area contributed by atoms with Gasteiger partial charge in [0.05, 0.1) is 12.2 Å². The zero-order valence-corrected chi connectivity index (χ0v) is 11.6. The van der Waals surface area contributed by atoms with Gasteiger partial charge in [-0.1, -0.05) is 0 Å². The van der Waals surface area contributed by atoms with E-state index in [-0.39, 0.29) is 5.91 Å². The van der Waals surface area contributed by atoms with Gasteiger partial charge in [-0.05, 0) is 32.9 Å². The fourth-order valence-electron chi connectivity index (χ4n) is 2.04. The molecule has 2 heterocycles. The summed E-state index contributed by atoms with van der Waals surface area (Å²) in [5.41, 5.74) is 2.69. The van der Waals surface area contributed by atoms with Gasteiger partial charge in [-0.15, -0.1) is 0 Å². The predicted octanol–water partition coefficient (Wildman–Crippen LogP) is 1.15. The highest BCUT2D eigenvalue weighted by molar-refractivity contribution is 5.92. The lowest BCUT2D eigenvalue weighted by Gasteiger charge is -2.08. The maximum Gasteiger partial charge on any atom is 0.269 e. The Morgan fingerprint density at radius 3 is 2.79 bits per heavy atom. The highest BCUT2D eigenvalue weighted by atomic mass is 16.2. The second-order valence-electron chi connectivity index (χ2n) is 4.44. The Hall–Kier alpha value is -2.11. The minimum atomic E-state index is -0.0964. The fourth-order valence-corrected chi connectivity index (χ4v) is 2.04. The lowest BCUT2D eigenvalue weighted by molar-refractivity contribution is 0.0941. The number of aryl methyl sites for hydroxylation is 3. The van der Waals surface area contributed by atoms with E-state index in [1.165, 1.54) is 0 Å². The first-order valence-corrected chi connectivity index (χ1v) is 6.43. The number of nitrogens with one attached hydrogen (secondary N) is 1. The first-order chi connectivity index (χ1) is 9.11. The van der Waals surface area contributed by atoms with Crippen LogP contribution in [0.15, 0.2) is 18.3 Å². The largest absolute Gasteiger partial charge is 0.349 e. The van der Waals surface area contributed by atoms with Gasteiger partial charge in [0.2, 0.25) is 0 Å². The molecule has 0 aliphatic heterocycles. The second kappa shape index (κ2) is 5.69. The van der Waals surface area contributed by atoms with E-state index in [4.69, 9.17) is 0 Å². The molecule has 0 unspecified atom stereocenters. The number of carbonyl (C=O) groups excluding carboxylic acids is 1. The van der Waals surface area contributed by atoms with Crippen LogP contribution < -0.4 is 5.32 Å². The average molecular weight is 261 g/mol. The highest BCUT2D eigenvalue weighted by Crippen LogP contribution is 2.01. The van der Waals surface area contributed by atoms with Crippen molar-refractivity contribution < 1.29 is 4.79 Å². The molecule has 0 spiro atoms. The van der Waals surface area contributed by atoms with E-state index in [9.17, 15) is 4.79 Å². The normalized spacial score (nSPS) is 10.7. The van der Waals surface area contributed by atoms with Crippen LogP contribution in [0.1, 0.15) is 28.8 Å². The maximum absolute atomic E-state index is 12.0. The molecular formula is C13H19N5O. The monoisotopic (exact) mass is 261 g/mol. The van der Waals surface area contributed by atoms with Crippen molar-refractivity contribution in [2.75, 3.05) is 6.54 Å². The van der Waals surface area contributed by atoms with Crippen LogP contribution in [0.25, 0.3) is 0 Å². The molecule has 2 aromatic rings. The molecule has 1 N–H and O–H groups in total. The van der Waals surface area contributed by atoms with Gasteiger partial charge in [-0.2, -0.15) is 10.2 Å². The molecule has 0 aliphatic carbocycles. The minimum Gasteiger partial charge on any atom is -0.349 e. The third-order valence-corrected chi connectivity index (χ3v) is 2.96. The summed E-state index contributed by atoms with van der Waals surface area (Å²) in [6.07, 6.45) is 1.64. The first-order valence-electron chi connectivity index (χ1n) is 6.43. The molecule has 0 radical (unpaired) electrons. The molecule has 0 saturated carbocycles. The van der Waals surface area contributed by atoms with Gasteiger partial charge in [0.25, 0.3) is 5.91 Å². The summed E-state index contributed by atoms with van der Waals surface area (Å²) >= 11 is 0. The Bertz CT molecular complexity index is 569. The first kappa shape index (κ1) is 13.3. The van der Waals surface area contributed by atoms with Crippen molar-refractivity contribution in [3.8, 4) is 0 Å². The van der Waals surface area contributed by atoms with E-state index >= 15 is 0 Å².